The second kappa shape index (κ2) is 6.27. The van der Waals surface area contributed by atoms with E-state index in [2.05, 4.69) is 31.0 Å². The second-order valence-corrected chi connectivity index (χ2v) is 0.652. The van der Waals surface area contributed by atoms with E-state index in [-0.39, 0.29) is 6.47 Å². The summed E-state index contributed by atoms with van der Waals surface area (Å²) in [4.78, 5) is 13.0. The van der Waals surface area contributed by atoms with Gasteiger partial charge in [-0.3, -0.25) is 4.79 Å². The van der Waals surface area contributed by atoms with Gasteiger partial charge in [0.1, 0.15) is 0 Å². The van der Waals surface area contributed by atoms with E-state index in [1.807, 2.05) is 0 Å². The van der Waals surface area contributed by atoms with Gasteiger partial charge < -0.3 is 4.84 Å². The normalized spacial score (nSPS) is 10.2. The van der Waals surface area contributed by atoms with Gasteiger partial charge in [-0.15, -0.1) is 0 Å². The molecule has 48 valence electrons. The molecule has 0 aliphatic heterocycles. The lowest BCUT2D eigenvalue weighted by atomic mass is 11.6. The molecule has 0 saturated heterocycles. The van der Waals surface area contributed by atoms with Crippen molar-refractivity contribution in [3.05, 3.63) is 0 Å². The molecule has 0 heterocycles. The van der Waals surface area contributed by atoms with Crippen molar-refractivity contribution in [2.75, 3.05) is 0 Å². The van der Waals surface area contributed by atoms with Crippen LogP contribution in [0.25, 0.3) is 0 Å². The molecule has 0 unspecified atom stereocenters. The van der Waals surface area contributed by atoms with Gasteiger partial charge in [0.2, 0.25) is 0 Å². The maximum absolute atomic E-state index is 9.33. The lowest BCUT2D eigenvalue weighted by Crippen LogP contribution is -1.68. The molecule has 8 nitrogen and oxygen atoms in total. The van der Waals surface area contributed by atoms with Crippen molar-refractivity contribution >= 4 is 6.47 Å². The number of rotatable bonds is 4. The average Bonchev–Trinajstić information content (AvgIpc) is 1.89. The summed E-state index contributed by atoms with van der Waals surface area (Å²) in [6.07, 6.45) is 0. The minimum atomic E-state index is 0.0663. The third-order valence-electron chi connectivity index (χ3n) is 0.251. The third kappa shape index (κ3) is 6.27. The highest BCUT2D eigenvalue weighted by atomic mass is 16.7. The molecule has 0 bridgehead atoms. The lowest BCUT2D eigenvalue weighted by molar-refractivity contribution is -0.129. The van der Waals surface area contributed by atoms with Crippen LogP contribution < -0.4 is 0 Å². The maximum Gasteiger partial charge on any atom is 0.325 e. The molecule has 0 fully saturated rings. The van der Waals surface area contributed by atoms with Gasteiger partial charge in [-0.25, -0.2) is 0 Å². The lowest BCUT2D eigenvalue weighted by Gasteiger charge is -1.71. The van der Waals surface area contributed by atoms with Crippen LogP contribution in [0, 0.1) is 5.53 Å². The van der Waals surface area contributed by atoms with Crippen molar-refractivity contribution in [2.45, 2.75) is 0 Å². The Bertz CT molecular complexity index is 138. The molecule has 0 amide bonds. The summed E-state index contributed by atoms with van der Waals surface area (Å²) in [6, 6.07) is 0. The predicted molar refractivity (Wildman–Crippen MR) is 22.0 cm³/mol. The highest BCUT2D eigenvalue weighted by molar-refractivity contribution is 5.36. The highest BCUT2D eigenvalue weighted by Crippen LogP contribution is 1.79. The van der Waals surface area contributed by atoms with Crippen molar-refractivity contribution < 1.29 is 9.63 Å². The molecule has 1 N–H and O–H groups in total. The SMILES string of the molecule is N=NN=NN=NOC=O. The van der Waals surface area contributed by atoms with Crippen LogP contribution >= 0.6 is 0 Å². The highest BCUT2D eigenvalue weighted by Gasteiger charge is 1.67. The largest absolute Gasteiger partial charge is 0.325 e. The quantitative estimate of drug-likeness (QED) is 0.345. The summed E-state index contributed by atoms with van der Waals surface area (Å²) in [5.41, 5.74) is 6.04. The van der Waals surface area contributed by atoms with E-state index in [0.717, 1.165) is 0 Å². The molecule has 0 aromatic carbocycles. The number of nitrogens with one attached hydrogen (secondary N) is 1. The van der Waals surface area contributed by atoms with Crippen LogP contribution in [0.4, 0.5) is 0 Å². The molecule has 8 heteroatoms. The summed E-state index contributed by atoms with van der Waals surface area (Å²) in [5.74, 6) is 0. The first-order chi connectivity index (χ1) is 4.41. The zero-order valence-electron chi connectivity index (χ0n) is 4.13. The topological polar surface area (TPSA) is 112 Å². The molecule has 0 rings (SSSR count). The Labute approximate surface area is 49.0 Å². The van der Waals surface area contributed by atoms with Crippen LogP contribution in [0.1, 0.15) is 0 Å². The fraction of sp³-hybridized carbons (Fsp3) is 0. The van der Waals surface area contributed by atoms with Gasteiger partial charge in [-0.1, -0.05) is 0 Å². The predicted octanol–water partition coefficient (Wildman–Crippen LogP) is 0.840. The van der Waals surface area contributed by atoms with E-state index in [0.29, 0.717) is 0 Å². The molecule has 0 radical (unpaired) electrons. The van der Waals surface area contributed by atoms with E-state index < -0.39 is 0 Å². The third-order valence-corrected chi connectivity index (χ3v) is 0.251. The molecule has 0 atom stereocenters. The molecule has 0 saturated carbocycles. The molecule has 0 aliphatic carbocycles. The summed E-state index contributed by atoms with van der Waals surface area (Å²) < 4.78 is 0. The van der Waals surface area contributed by atoms with Crippen LogP contribution in [-0.4, -0.2) is 6.47 Å². The maximum atomic E-state index is 9.33. The van der Waals surface area contributed by atoms with Gasteiger partial charge in [0, 0.05) is 10.4 Å². The Morgan fingerprint density at radius 1 is 1.33 bits per heavy atom. The number of hydrogen-bond acceptors (Lipinski definition) is 4. The molecule has 0 aromatic heterocycles. The molecule has 9 heavy (non-hydrogen) atoms. The fourth-order valence-electron chi connectivity index (χ4n) is 0.0945. The molecule has 0 aliphatic rings. The van der Waals surface area contributed by atoms with Crippen molar-refractivity contribution in [1.82, 2.24) is 0 Å². The summed E-state index contributed by atoms with van der Waals surface area (Å²) in [6.45, 7) is 0.0663. The van der Waals surface area contributed by atoms with Crippen LogP contribution in [0.3, 0.4) is 0 Å². The monoisotopic (exact) mass is 130 g/mol. The van der Waals surface area contributed by atoms with Crippen molar-refractivity contribution in [3.63, 3.8) is 0 Å². The van der Waals surface area contributed by atoms with Gasteiger partial charge in [0.25, 0.3) is 0 Å². The molecule has 0 aromatic rings. The van der Waals surface area contributed by atoms with Crippen LogP contribution in [0.15, 0.2) is 26.2 Å². The molecule has 0 spiro atoms. The Morgan fingerprint density at radius 3 is 2.67 bits per heavy atom. The Balaban J connectivity index is 3.33. The number of carbonyl (C=O) groups is 1. The van der Waals surface area contributed by atoms with Gasteiger partial charge >= 0.3 is 6.47 Å². The van der Waals surface area contributed by atoms with E-state index in [4.69, 9.17) is 5.53 Å². The number of nitrogens with zero attached hydrogens (tertiary/aromatic N) is 5. The van der Waals surface area contributed by atoms with E-state index >= 15 is 0 Å². The van der Waals surface area contributed by atoms with E-state index in [9.17, 15) is 4.79 Å². The standard InChI is InChI=1S/CH2N6O2/c2-3-4-5-6-7-9-1-8/h1-2H. The van der Waals surface area contributed by atoms with Crippen LogP contribution in [-0.2, 0) is 9.63 Å². The fourth-order valence-corrected chi connectivity index (χ4v) is 0.0945. The minimum Gasteiger partial charge on any atom is -0.302 e. The smallest absolute Gasteiger partial charge is 0.302 e. The zero-order valence-corrected chi connectivity index (χ0v) is 4.13. The van der Waals surface area contributed by atoms with E-state index in [1.54, 1.807) is 0 Å². The zero-order chi connectivity index (χ0) is 6.95. The number of hydrogen-bond donors (Lipinski definition) is 1. The van der Waals surface area contributed by atoms with Crippen molar-refractivity contribution in [2.24, 2.45) is 26.2 Å². The summed E-state index contributed by atoms with van der Waals surface area (Å²) in [7, 11) is 0. The van der Waals surface area contributed by atoms with E-state index in [1.165, 1.54) is 0 Å². The molecular formula is CH2N6O2. The van der Waals surface area contributed by atoms with Crippen molar-refractivity contribution in [3.8, 4) is 0 Å². The first kappa shape index (κ1) is 7.27. The van der Waals surface area contributed by atoms with Gasteiger partial charge in [-0.2, -0.15) is 5.53 Å². The summed E-state index contributed by atoms with van der Waals surface area (Å²) in [5, 5.41) is 13.4. The Hall–Kier alpha value is -1.73. The second-order valence-electron chi connectivity index (χ2n) is 0.652. The van der Waals surface area contributed by atoms with Crippen molar-refractivity contribution in [1.29, 1.82) is 5.53 Å². The number of carbonyl (C=O) groups excluding carboxylic acids is 1. The minimum absolute atomic E-state index is 0.0663. The first-order valence-corrected chi connectivity index (χ1v) is 1.68. The van der Waals surface area contributed by atoms with Crippen LogP contribution in [0.5, 0.6) is 0 Å². The summed E-state index contributed by atoms with van der Waals surface area (Å²) >= 11 is 0. The first-order valence-electron chi connectivity index (χ1n) is 1.68. The Kier molecular flexibility index (Phi) is 5.06. The van der Waals surface area contributed by atoms with Gasteiger partial charge in [-0.05, 0) is 10.4 Å². The average molecular weight is 130 g/mol. The van der Waals surface area contributed by atoms with Gasteiger partial charge in [0.05, 0.1) is 5.28 Å². The Morgan fingerprint density at radius 2 is 2.11 bits per heavy atom. The van der Waals surface area contributed by atoms with Crippen LogP contribution in [0.2, 0.25) is 0 Å². The molecular weight excluding hydrogens is 128 g/mol. The van der Waals surface area contributed by atoms with Gasteiger partial charge in [0.15, 0.2) is 0 Å².